The van der Waals surface area contributed by atoms with E-state index in [0.29, 0.717) is 6.42 Å². The molecule has 2 atom stereocenters. The average molecular weight is 200 g/mol. The van der Waals surface area contributed by atoms with Gasteiger partial charge in [-0.1, -0.05) is 33.8 Å². The number of hydrogen-bond donors (Lipinski definition) is 2. The molecule has 2 heteroatoms. The molecule has 0 aliphatic carbocycles. The van der Waals surface area contributed by atoms with Crippen molar-refractivity contribution in [1.82, 2.24) is 0 Å². The molecule has 0 bridgehead atoms. The largest absolute Gasteiger partial charge is 0.393 e. The molecule has 2 unspecified atom stereocenters. The standard InChI is InChI=1S/C12H24O2/c1-8(2)11(13)7-6-10(5)12(14)9(3)4/h6,8-9,11-14H,7H2,1-5H3/b10-6+. The predicted molar refractivity (Wildman–Crippen MR) is 60.1 cm³/mol. The van der Waals surface area contributed by atoms with Crippen molar-refractivity contribution in [3.8, 4) is 0 Å². The van der Waals surface area contributed by atoms with Gasteiger partial charge in [0.05, 0.1) is 12.2 Å². The van der Waals surface area contributed by atoms with E-state index in [9.17, 15) is 10.2 Å². The van der Waals surface area contributed by atoms with Gasteiger partial charge in [-0.25, -0.2) is 0 Å². The van der Waals surface area contributed by atoms with E-state index in [0.717, 1.165) is 5.57 Å². The molecule has 0 radical (unpaired) electrons. The number of hydrogen-bond acceptors (Lipinski definition) is 2. The van der Waals surface area contributed by atoms with Crippen LogP contribution in [0, 0.1) is 11.8 Å². The van der Waals surface area contributed by atoms with Crippen LogP contribution in [0.5, 0.6) is 0 Å². The van der Waals surface area contributed by atoms with Crippen molar-refractivity contribution in [1.29, 1.82) is 0 Å². The summed E-state index contributed by atoms with van der Waals surface area (Å²) < 4.78 is 0. The highest BCUT2D eigenvalue weighted by molar-refractivity contribution is 5.06. The zero-order chi connectivity index (χ0) is 11.3. The molecule has 0 heterocycles. The van der Waals surface area contributed by atoms with Crippen molar-refractivity contribution in [2.75, 3.05) is 0 Å². The highest BCUT2D eigenvalue weighted by atomic mass is 16.3. The summed E-state index contributed by atoms with van der Waals surface area (Å²) in [6.07, 6.45) is 1.89. The average Bonchev–Trinajstić information content (AvgIpc) is 2.11. The second-order valence-corrected chi connectivity index (χ2v) is 4.68. The molecule has 84 valence electrons. The maximum absolute atomic E-state index is 9.70. The Hall–Kier alpha value is -0.340. The van der Waals surface area contributed by atoms with Crippen molar-refractivity contribution in [3.05, 3.63) is 11.6 Å². The van der Waals surface area contributed by atoms with Crippen molar-refractivity contribution < 1.29 is 10.2 Å². The van der Waals surface area contributed by atoms with E-state index in [-0.39, 0.29) is 24.0 Å². The van der Waals surface area contributed by atoms with E-state index < -0.39 is 0 Å². The molecular weight excluding hydrogens is 176 g/mol. The van der Waals surface area contributed by atoms with Crippen LogP contribution in [0.2, 0.25) is 0 Å². The fourth-order valence-electron chi connectivity index (χ4n) is 1.23. The van der Waals surface area contributed by atoms with Gasteiger partial charge in [0.1, 0.15) is 0 Å². The highest BCUT2D eigenvalue weighted by Crippen LogP contribution is 2.14. The van der Waals surface area contributed by atoms with Crippen LogP contribution in [0.15, 0.2) is 11.6 Å². The van der Waals surface area contributed by atoms with Crippen LogP contribution in [0.1, 0.15) is 41.0 Å². The van der Waals surface area contributed by atoms with Gasteiger partial charge in [0.25, 0.3) is 0 Å². The van der Waals surface area contributed by atoms with Gasteiger partial charge < -0.3 is 10.2 Å². The summed E-state index contributed by atoms with van der Waals surface area (Å²) in [5, 5.41) is 19.3. The minimum Gasteiger partial charge on any atom is -0.393 e. The van der Waals surface area contributed by atoms with Crippen LogP contribution in [0.25, 0.3) is 0 Å². The Balaban J connectivity index is 4.11. The van der Waals surface area contributed by atoms with Crippen molar-refractivity contribution in [2.45, 2.75) is 53.2 Å². The molecule has 0 aromatic heterocycles. The Kier molecular flexibility index (Phi) is 6.05. The lowest BCUT2D eigenvalue weighted by Crippen LogP contribution is -2.18. The second kappa shape index (κ2) is 6.20. The first-order valence-corrected chi connectivity index (χ1v) is 5.39. The topological polar surface area (TPSA) is 40.5 Å². The second-order valence-electron chi connectivity index (χ2n) is 4.68. The van der Waals surface area contributed by atoms with Gasteiger partial charge in [-0.2, -0.15) is 0 Å². The van der Waals surface area contributed by atoms with Crippen molar-refractivity contribution in [3.63, 3.8) is 0 Å². The third-order valence-electron chi connectivity index (χ3n) is 2.55. The van der Waals surface area contributed by atoms with Crippen LogP contribution in [0.3, 0.4) is 0 Å². The smallest absolute Gasteiger partial charge is 0.0770 e. The first-order valence-electron chi connectivity index (χ1n) is 5.39. The lowest BCUT2D eigenvalue weighted by Gasteiger charge is -2.17. The number of aliphatic hydroxyl groups excluding tert-OH is 2. The normalized spacial score (nSPS) is 17.6. The van der Waals surface area contributed by atoms with Crippen LogP contribution in [0.4, 0.5) is 0 Å². The van der Waals surface area contributed by atoms with E-state index in [1.807, 2.05) is 40.7 Å². The summed E-state index contributed by atoms with van der Waals surface area (Å²) in [6.45, 7) is 9.87. The van der Waals surface area contributed by atoms with E-state index in [1.54, 1.807) is 0 Å². The number of aliphatic hydroxyl groups is 2. The molecule has 0 saturated heterocycles. The molecule has 2 nitrogen and oxygen atoms in total. The summed E-state index contributed by atoms with van der Waals surface area (Å²) in [5.74, 6) is 0.512. The summed E-state index contributed by atoms with van der Waals surface area (Å²) in [7, 11) is 0. The maximum Gasteiger partial charge on any atom is 0.0770 e. The lowest BCUT2D eigenvalue weighted by atomic mass is 9.97. The van der Waals surface area contributed by atoms with Crippen LogP contribution in [-0.2, 0) is 0 Å². The summed E-state index contributed by atoms with van der Waals surface area (Å²) in [4.78, 5) is 0. The molecule has 0 amide bonds. The Morgan fingerprint density at radius 2 is 1.57 bits per heavy atom. The zero-order valence-electron chi connectivity index (χ0n) is 9.99. The molecule has 0 aliphatic heterocycles. The highest BCUT2D eigenvalue weighted by Gasteiger charge is 2.12. The van der Waals surface area contributed by atoms with Gasteiger partial charge in [-0.05, 0) is 30.8 Å². The Morgan fingerprint density at radius 3 is 1.93 bits per heavy atom. The lowest BCUT2D eigenvalue weighted by molar-refractivity contribution is 0.126. The molecule has 0 aliphatic rings. The molecule has 2 N–H and O–H groups in total. The fourth-order valence-corrected chi connectivity index (χ4v) is 1.23. The van der Waals surface area contributed by atoms with Crippen molar-refractivity contribution >= 4 is 0 Å². The summed E-state index contributed by atoms with van der Waals surface area (Å²) in [6, 6.07) is 0. The number of rotatable bonds is 5. The molecular formula is C12H24O2. The minimum absolute atomic E-state index is 0.238. The molecule has 0 aromatic carbocycles. The van der Waals surface area contributed by atoms with Gasteiger partial charge in [0, 0.05) is 0 Å². The Labute approximate surface area is 87.7 Å². The first-order chi connectivity index (χ1) is 6.36. The molecule has 0 saturated carbocycles. The monoisotopic (exact) mass is 200 g/mol. The minimum atomic E-state index is -0.380. The van der Waals surface area contributed by atoms with Crippen LogP contribution in [-0.4, -0.2) is 22.4 Å². The molecule has 0 aromatic rings. The predicted octanol–water partition coefficient (Wildman–Crippen LogP) is 2.36. The fraction of sp³-hybridized carbons (Fsp3) is 0.833. The van der Waals surface area contributed by atoms with E-state index in [2.05, 4.69) is 0 Å². The van der Waals surface area contributed by atoms with Gasteiger partial charge in [-0.3, -0.25) is 0 Å². The van der Waals surface area contributed by atoms with Gasteiger partial charge in [0.15, 0.2) is 0 Å². The first kappa shape index (κ1) is 13.7. The van der Waals surface area contributed by atoms with E-state index in [1.165, 1.54) is 0 Å². The van der Waals surface area contributed by atoms with E-state index >= 15 is 0 Å². The Morgan fingerprint density at radius 1 is 1.07 bits per heavy atom. The summed E-state index contributed by atoms with van der Waals surface area (Å²) >= 11 is 0. The van der Waals surface area contributed by atoms with Gasteiger partial charge in [0.2, 0.25) is 0 Å². The third-order valence-corrected chi connectivity index (χ3v) is 2.55. The van der Waals surface area contributed by atoms with Crippen molar-refractivity contribution in [2.24, 2.45) is 11.8 Å². The van der Waals surface area contributed by atoms with Crippen LogP contribution >= 0.6 is 0 Å². The van der Waals surface area contributed by atoms with Crippen LogP contribution < -0.4 is 0 Å². The molecule has 0 fully saturated rings. The maximum atomic E-state index is 9.70. The summed E-state index contributed by atoms with van der Waals surface area (Å²) in [5.41, 5.74) is 0.958. The SMILES string of the molecule is C/C(=C\CC(O)C(C)C)C(O)C(C)C. The van der Waals surface area contributed by atoms with Gasteiger partial charge >= 0.3 is 0 Å². The molecule has 0 spiro atoms. The third kappa shape index (κ3) is 4.77. The Bertz CT molecular complexity index is 183. The molecule has 14 heavy (non-hydrogen) atoms. The molecule has 0 rings (SSSR count). The van der Waals surface area contributed by atoms with Gasteiger partial charge in [-0.15, -0.1) is 0 Å². The van der Waals surface area contributed by atoms with E-state index in [4.69, 9.17) is 0 Å². The zero-order valence-corrected chi connectivity index (χ0v) is 9.99. The quantitative estimate of drug-likeness (QED) is 0.669.